The zero-order valence-corrected chi connectivity index (χ0v) is 11.5. The summed E-state index contributed by atoms with van der Waals surface area (Å²) in [6.45, 7) is 4.23. The van der Waals surface area contributed by atoms with E-state index in [9.17, 15) is 4.39 Å². The van der Waals surface area contributed by atoms with E-state index in [4.69, 9.17) is 0 Å². The summed E-state index contributed by atoms with van der Waals surface area (Å²) < 4.78 is 15.1. The number of nitrogens with zero attached hydrogens (tertiary/aromatic N) is 2. The fourth-order valence-corrected chi connectivity index (χ4v) is 2.32. The topological polar surface area (TPSA) is 29.9 Å². The molecule has 0 atom stereocenters. The molecule has 2 aromatic carbocycles. The predicted octanol–water partition coefficient (Wildman–Crippen LogP) is 4.50. The van der Waals surface area contributed by atoms with Gasteiger partial charge in [-0.15, -0.1) is 0 Å². The third-order valence-electron chi connectivity index (χ3n) is 3.21. The molecule has 0 spiro atoms. The van der Waals surface area contributed by atoms with Gasteiger partial charge in [-0.3, -0.25) is 0 Å². The van der Waals surface area contributed by atoms with Crippen LogP contribution in [-0.4, -0.2) is 9.55 Å². The first kappa shape index (κ1) is 12.7. The quantitative estimate of drug-likeness (QED) is 0.758. The Morgan fingerprint density at radius 2 is 1.75 bits per heavy atom. The summed E-state index contributed by atoms with van der Waals surface area (Å²) in [5.74, 6) is 0.528. The van der Waals surface area contributed by atoms with Gasteiger partial charge < -0.3 is 9.88 Å². The van der Waals surface area contributed by atoms with Gasteiger partial charge >= 0.3 is 0 Å². The lowest BCUT2D eigenvalue weighted by atomic mass is 10.3. The van der Waals surface area contributed by atoms with Gasteiger partial charge in [-0.25, -0.2) is 9.37 Å². The van der Waals surface area contributed by atoms with Crippen molar-refractivity contribution < 1.29 is 4.39 Å². The molecule has 3 aromatic rings. The number of benzene rings is 2. The lowest BCUT2D eigenvalue weighted by Gasteiger charge is -2.14. The molecule has 0 fully saturated rings. The van der Waals surface area contributed by atoms with Crippen LogP contribution in [0.1, 0.15) is 19.9 Å². The summed E-state index contributed by atoms with van der Waals surface area (Å²) in [6, 6.07) is 14.6. The van der Waals surface area contributed by atoms with Crippen molar-refractivity contribution in [1.29, 1.82) is 0 Å². The van der Waals surface area contributed by atoms with Crippen LogP contribution in [0, 0.1) is 5.82 Å². The first-order chi connectivity index (χ1) is 9.65. The molecule has 0 saturated carbocycles. The number of para-hydroxylation sites is 2. The first-order valence-corrected chi connectivity index (χ1v) is 6.65. The Hall–Kier alpha value is -2.36. The smallest absolute Gasteiger partial charge is 0.208 e. The van der Waals surface area contributed by atoms with E-state index < -0.39 is 0 Å². The number of nitrogens with one attached hydrogen (secondary N) is 1. The van der Waals surface area contributed by atoms with Crippen LogP contribution in [0.4, 0.5) is 16.0 Å². The average Bonchev–Trinajstić information content (AvgIpc) is 2.79. The van der Waals surface area contributed by atoms with Crippen LogP contribution in [0.3, 0.4) is 0 Å². The van der Waals surface area contributed by atoms with Crippen molar-refractivity contribution in [3.8, 4) is 0 Å². The van der Waals surface area contributed by atoms with Gasteiger partial charge in [0.05, 0.1) is 11.0 Å². The second-order valence-electron chi connectivity index (χ2n) is 5.02. The van der Waals surface area contributed by atoms with Crippen LogP contribution in [0.15, 0.2) is 48.5 Å². The molecule has 0 amide bonds. The van der Waals surface area contributed by atoms with Crippen molar-refractivity contribution in [2.24, 2.45) is 0 Å². The predicted molar refractivity (Wildman–Crippen MR) is 79.8 cm³/mol. The molecule has 0 radical (unpaired) electrons. The van der Waals surface area contributed by atoms with Gasteiger partial charge in [-0.1, -0.05) is 12.1 Å². The number of rotatable bonds is 3. The molecule has 0 aliphatic heterocycles. The third-order valence-corrected chi connectivity index (χ3v) is 3.21. The van der Waals surface area contributed by atoms with Crippen LogP contribution in [0.25, 0.3) is 11.0 Å². The SMILES string of the molecule is CC(C)n1c(Nc2ccc(F)cc2)nc2ccccc21. The molecular formula is C16H16FN3. The number of anilines is 2. The Morgan fingerprint density at radius 1 is 1.05 bits per heavy atom. The van der Waals surface area contributed by atoms with Crippen molar-refractivity contribution in [3.63, 3.8) is 0 Å². The van der Waals surface area contributed by atoms with Crippen molar-refractivity contribution in [1.82, 2.24) is 9.55 Å². The minimum absolute atomic E-state index is 0.243. The number of imidazole rings is 1. The van der Waals surface area contributed by atoms with E-state index in [0.717, 1.165) is 22.7 Å². The molecule has 1 heterocycles. The summed E-state index contributed by atoms with van der Waals surface area (Å²) >= 11 is 0. The van der Waals surface area contributed by atoms with E-state index in [1.165, 1.54) is 12.1 Å². The van der Waals surface area contributed by atoms with Crippen LogP contribution < -0.4 is 5.32 Å². The maximum atomic E-state index is 13.0. The normalized spacial score (nSPS) is 11.2. The van der Waals surface area contributed by atoms with E-state index in [2.05, 4.69) is 34.8 Å². The Labute approximate surface area is 117 Å². The van der Waals surface area contributed by atoms with E-state index in [0.29, 0.717) is 0 Å². The molecule has 0 unspecified atom stereocenters. The molecule has 1 N–H and O–H groups in total. The second-order valence-corrected chi connectivity index (χ2v) is 5.02. The highest BCUT2D eigenvalue weighted by molar-refractivity contribution is 5.79. The standard InChI is InChI=1S/C16H16FN3/c1-11(2)20-15-6-4-3-5-14(15)19-16(20)18-13-9-7-12(17)8-10-13/h3-11H,1-2H3,(H,18,19). The highest BCUT2D eigenvalue weighted by atomic mass is 19.1. The van der Waals surface area contributed by atoms with Crippen LogP contribution in [-0.2, 0) is 0 Å². The summed E-state index contributed by atoms with van der Waals surface area (Å²) in [5.41, 5.74) is 2.86. The Balaban J connectivity index is 2.06. The van der Waals surface area contributed by atoms with Crippen molar-refractivity contribution >= 4 is 22.7 Å². The number of hydrogen-bond donors (Lipinski definition) is 1. The first-order valence-electron chi connectivity index (χ1n) is 6.65. The summed E-state index contributed by atoms with van der Waals surface area (Å²) in [4.78, 5) is 4.61. The fraction of sp³-hybridized carbons (Fsp3) is 0.188. The minimum atomic E-state index is -0.243. The van der Waals surface area contributed by atoms with Gasteiger partial charge in [0.2, 0.25) is 5.95 Å². The maximum Gasteiger partial charge on any atom is 0.208 e. The van der Waals surface area contributed by atoms with Gasteiger partial charge in [0, 0.05) is 11.7 Å². The van der Waals surface area contributed by atoms with Gasteiger partial charge in [-0.05, 0) is 50.2 Å². The highest BCUT2D eigenvalue weighted by Gasteiger charge is 2.12. The van der Waals surface area contributed by atoms with Gasteiger partial charge in [0.25, 0.3) is 0 Å². The Morgan fingerprint density at radius 3 is 2.45 bits per heavy atom. The van der Waals surface area contributed by atoms with Crippen LogP contribution in [0.5, 0.6) is 0 Å². The Bertz CT molecular complexity index is 729. The lowest BCUT2D eigenvalue weighted by Crippen LogP contribution is -2.06. The molecule has 20 heavy (non-hydrogen) atoms. The molecule has 0 aliphatic carbocycles. The van der Waals surface area contributed by atoms with E-state index in [1.807, 2.05) is 18.2 Å². The van der Waals surface area contributed by atoms with Gasteiger partial charge in [0.15, 0.2) is 0 Å². The van der Waals surface area contributed by atoms with Crippen molar-refractivity contribution in [3.05, 3.63) is 54.3 Å². The third kappa shape index (κ3) is 2.25. The number of fused-ring (bicyclic) bond motifs is 1. The number of halogens is 1. The molecular weight excluding hydrogens is 253 g/mol. The van der Waals surface area contributed by atoms with Crippen LogP contribution in [0.2, 0.25) is 0 Å². The van der Waals surface area contributed by atoms with Crippen molar-refractivity contribution in [2.75, 3.05) is 5.32 Å². The largest absolute Gasteiger partial charge is 0.326 e. The van der Waals surface area contributed by atoms with E-state index >= 15 is 0 Å². The highest BCUT2D eigenvalue weighted by Crippen LogP contribution is 2.26. The van der Waals surface area contributed by atoms with Gasteiger partial charge in [-0.2, -0.15) is 0 Å². The summed E-state index contributed by atoms with van der Waals surface area (Å²) in [6.07, 6.45) is 0. The maximum absolute atomic E-state index is 13.0. The monoisotopic (exact) mass is 269 g/mol. The average molecular weight is 269 g/mol. The molecule has 4 heteroatoms. The molecule has 3 nitrogen and oxygen atoms in total. The molecule has 0 saturated heterocycles. The zero-order valence-electron chi connectivity index (χ0n) is 11.5. The molecule has 102 valence electrons. The fourth-order valence-electron chi connectivity index (χ4n) is 2.32. The number of aromatic nitrogens is 2. The summed E-state index contributed by atoms with van der Waals surface area (Å²) in [7, 11) is 0. The van der Waals surface area contributed by atoms with Gasteiger partial charge in [0.1, 0.15) is 5.82 Å². The van der Waals surface area contributed by atoms with Crippen LogP contribution >= 0.6 is 0 Å². The zero-order chi connectivity index (χ0) is 14.1. The Kier molecular flexibility index (Phi) is 3.14. The van der Waals surface area contributed by atoms with E-state index in [-0.39, 0.29) is 11.9 Å². The number of hydrogen-bond acceptors (Lipinski definition) is 2. The second kappa shape index (κ2) is 4.96. The minimum Gasteiger partial charge on any atom is -0.326 e. The van der Waals surface area contributed by atoms with E-state index in [1.54, 1.807) is 12.1 Å². The van der Waals surface area contributed by atoms with Crippen molar-refractivity contribution in [2.45, 2.75) is 19.9 Å². The lowest BCUT2D eigenvalue weighted by molar-refractivity contribution is 0.624. The molecule has 3 rings (SSSR count). The molecule has 1 aromatic heterocycles. The summed E-state index contributed by atoms with van der Waals surface area (Å²) in [5, 5.41) is 3.26. The molecule has 0 bridgehead atoms. The molecule has 0 aliphatic rings.